The number of halogens is 3. The van der Waals surface area contributed by atoms with Crippen LogP contribution < -0.4 is 0 Å². The Kier molecular flexibility index (Phi) is 5.12. The first-order valence-electron chi connectivity index (χ1n) is 7.18. The summed E-state index contributed by atoms with van der Waals surface area (Å²) in [6, 6.07) is 3.54. The zero-order valence-electron chi connectivity index (χ0n) is 13.4. The number of carbonyl (C=O) groups is 4. The third-order valence-corrected chi connectivity index (χ3v) is 3.72. The number of aromatic carboxylic acids is 4. The van der Waals surface area contributed by atoms with Crippen molar-refractivity contribution in [3.63, 3.8) is 0 Å². The van der Waals surface area contributed by atoms with E-state index in [2.05, 4.69) is 0 Å². The van der Waals surface area contributed by atoms with Gasteiger partial charge >= 0.3 is 30.1 Å². The smallest absolute Gasteiger partial charge is 0.417 e. The maximum atomic E-state index is 13.4. The molecule has 0 spiro atoms. The van der Waals surface area contributed by atoms with Gasteiger partial charge in [0.15, 0.2) is 0 Å². The van der Waals surface area contributed by atoms with Crippen molar-refractivity contribution in [2.45, 2.75) is 6.18 Å². The van der Waals surface area contributed by atoms with Gasteiger partial charge in [0.05, 0.1) is 27.8 Å². The number of carboxylic acid groups (broad SMARTS) is 4. The van der Waals surface area contributed by atoms with E-state index in [1.165, 1.54) is 0 Å². The van der Waals surface area contributed by atoms with Gasteiger partial charge in [-0.25, -0.2) is 19.2 Å². The minimum Gasteiger partial charge on any atom is -0.478 e. The van der Waals surface area contributed by atoms with Crippen LogP contribution >= 0.6 is 0 Å². The fraction of sp³-hybridized carbons (Fsp3) is 0.0588. The molecule has 0 bridgehead atoms. The second-order valence-electron chi connectivity index (χ2n) is 5.36. The van der Waals surface area contributed by atoms with Crippen molar-refractivity contribution >= 4 is 23.9 Å². The summed E-state index contributed by atoms with van der Waals surface area (Å²) in [6.45, 7) is 0. The zero-order chi connectivity index (χ0) is 21.4. The van der Waals surface area contributed by atoms with Crippen LogP contribution in [0.1, 0.15) is 47.0 Å². The Hall–Kier alpha value is -3.89. The second kappa shape index (κ2) is 7.02. The summed E-state index contributed by atoms with van der Waals surface area (Å²) in [4.78, 5) is 46.1. The van der Waals surface area contributed by atoms with Crippen molar-refractivity contribution in [2.24, 2.45) is 0 Å². The Morgan fingerprint density at radius 2 is 1.14 bits per heavy atom. The largest absolute Gasteiger partial charge is 0.478 e. The van der Waals surface area contributed by atoms with Crippen LogP contribution in [-0.2, 0) is 6.18 Å². The summed E-state index contributed by atoms with van der Waals surface area (Å²) in [6.07, 6.45) is -5.06. The summed E-state index contributed by atoms with van der Waals surface area (Å²) in [5.74, 6) is -7.99. The van der Waals surface area contributed by atoms with E-state index in [1.807, 2.05) is 0 Å². The summed E-state index contributed by atoms with van der Waals surface area (Å²) in [7, 11) is 0. The van der Waals surface area contributed by atoms with E-state index < -0.39 is 69.0 Å². The molecule has 8 nitrogen and oxygen atoms in total. The number of alkyl halides is 3. The van der Waals surface area contributed by atoms with Crippen LogP contribution in [0.2, 0.25) is 0 Å². The average molecular weight is 398 g/mol. The molecule has 0 aliphatic heterocycles. The van der Waals surface area contributed by atoms with E-state index in [9.17, 15) is 52.8 Å². The zero-order valence-corrected chi connectivity index (χ0v) is 13.4. The summed E-state index contributed by atoms with van der Waals surface area (Å²) in [5, 5.41) is 37.3. The molecule has 0 atom stereocenters. The molecule has 0 fully saturated rings. The van der Waals surface area contributed by atoms with Crippen molar-refractivity contribution in [2.75, 3.05) is 0 Å². The van der Waals surface area contributed by atoms with Gasteiger partial charge in [0.1, 0.15) is 0 Å². The molecule has 11 heteroatoms. The number of benzene rings is 2. The first-order valence-corrected chi connectivity index (χ1v) is 7.18. The first-order chi connectivity index (χ1) is 12.9. The summed E-state index contributed by atoms with van der Waals surface area (Å²) in [5.41, 5.74) is -8.47. The molecule has 0 radical (unpaired) electrons. The maximum absolute atomic E-state index is 13.4. The number of rotatable bonds is 5. The van der Waals surface area contributed by atoms with Gasteiger partial charge in [-0.15, -0.1) is 0 Å². The quantitative estimate of drug-likeness (QED) is 0.600. The summed E-state index contributed by atoms with van der Waals surface area (Å²) < 4.78 is 40.2. The lowest BCUT2D eigenvalue weighted by Gasteiger charge is -2.19. The topological polar surface area (TPSA) is 149 Å². The average Bonchev–Trinajstić information content (AvgIpc) is 2.58. The molecule has 146 valence electrons. The van der Waals surface area contributed by atoms with E-state index in [-0.39, 0.29) is 6.07 Å². The van der Waals surface area contributed by atoms with E-state index in [1.54, 1.807) is 0 Å². The van der Waals surface area contributed by atoms with Crippen LogP contribution in [0.5, 0.6) is 0 Å². The van der Waals surface area contributed by atoms with Crippen LogP contribution in [0.25, 0.3) is 11.1 Å². The lowest BCUT2D eigenvalue weighted by Crippen LogP contribution is -2.20. The molecule has 0 aliphatic carbocycles. The monoisotopic (exact) mass is 398 g/mol. The Balaban J connectivity index is 3.22. The summed E-state index contributed by atoms with van der Waals surface area (Å²) >= 11 is 0. The minimum absolute atomic E-state index is 0.289. The lowest BCUT2D eigenvalue weighted by molar-refractivity contribution is -0.137. The van der Waals surface area contributed by atoms with Crippen LogP contribution in [0.3, 0.4) is 0 Å². The molecular formula is C17H9F3O8. The predicted octanol–water partition coefficient (Wildman–Crippen LogP) is 3.17. The fourth-order valence-electron chi connectivity index (χ4n) is 2.68. The van der Waals surface area contributed by atoms with Gasteiger partial charge in [-0.2, -0.15) is 13.2 Å². The van der Waals surface area contributed by atoms with Crippen molar-refractivity contribution in [1.29, 1.82) is 0 Å². The molecule has 28 heavy (non-hydrogen) atoms. The highest BCUT2D eigenvalue weighted by Gasteiger charge is 2.38. The minimum atomic E-state index is -5.06. The van der Waals surface area contributed by atoms with Crippen LogP contribution in [0, 0.1) is 0 Å². The second-order valence-corrected chi connectivity index (χ2v) is 5.36. The van der Waals surface area contributed by atoms with E-state index in [0.29, 0.717) is 6.07 Å². The number of hydrogen-bond acceptors (Lipinski definition) is 4. The van der Waals surface area contributed by atoms with Gasteiger partial charge in [0.25, 0.3) is 0 Å². The van der Waals surface area contributed by atoms with Crippen molar-refractivity contribution in [3.05, 3.63) is 58.1 Å². The van der Waals surface area contributed by atoms with E-state index in [4.69, 9.17) is 0 Å². The standard InChI is InChI=1S/C17H9F3O8/c18-17(19,20)9-4-2-1-3-6(9)10-11(15(25)26)7(13(21)22)5-8(14(23)24)12(10)16(27)28/h1-5H,(H,21,22)(H,23,24)(H,25,26)(H,27,28). The SMILES string of the molecule is O=C(O)c1cc(C(=O)O)c(C(=O)O)c(-c2ccccc2C(F)(F)F)c1C(=O)O. The highest BCUT2D eigenvalue weighted by Crippen LogP contribution is 2.41. The van der Waals surface area contributed by atoms with Crippen LogP contribution in [0.15, 0.2) is 30.3 Å². The molecule has 0 amide bonds. The lowest BCUT2D eigenvalue weighted by atomic mass is 9.85. The predicted molar refractivity (Wildman–Crippen MR) is 84.7 cm³/mol. The van der Waals surface area contributed by atoms with Gasteiger partial charge in [-0.1, -0.05) is 18.2 Å². The molecule has 0 unspecified atom stereocenters. The third kappa shape index (κ3) is 3.49. The molecular weight excluding hydrogens is 389 g/mol. The van der Waals surface area contributed by atoms with Crippen LogP contribution in [0.4, 0.5) is 13.2 Å². The van der Waals surface area contributed by atoms with Crippen LogP contribution in [-0.4, -0.2) is 44.3 Å². The molecule has 0 heterocycles. The molecule has 2 aromatic rings. The molecule has 0 aliphatic rings. The third-order valence-electron chi connectivity index (χ3n) is 3.72. The molecule has 2 rings (SSSR count). The van der Waals surface area contributed by atoms with Gasteiger partial charge < -0.3 is 20.4 Å². The van der Waals surface area contributed by atoms with Gasteiger partial charge in [0, 0.05) is 5.56 Å². The Labute approximate surface area is 153 Å². The Morgan fingerprint density at radius 3 is 1.50 bits per heavy atom. The van der Waals surface area contributed by atoms with Gasteiger partial charge in [0.2, 0.25) is 0 Å². The molecule has 0 saturated heterocycles. The fourth-order valence-corrected chi connectivity index (χ4v) is 2.68. The van der Waals surface area contributed by atoms with E-state index in [0.717, 1.165) is 18.2 Å². The molecule has 2 aromatic carbocycles. The van der Waals surface area contributed by atoms with Crippen molar-refractivity contribution in [1.82, 2.24) is 0 Å². The highest BCUT2D eigenvalue weighted by atomic mass is 19.4. The Morgan fingerprint density at radius 1 is 0.714 bits per heavy atom. The molecule has 0 aromatic heterocycles. The highest BCUT2D eigenvalue weighted by molar-refractivity contribution is 6.16. The van der Waals surface area contributed by atoms with Crippen molar-refractivity contribution in [3.8, 4) is 11.1 Å². The van der Waals surface area contributed by atoms with Gasteiger partial charge in [-0.05, 0) is 17.7 Å². The number of hydrogen-bond donors (Lipinski definition) is 4. The maximum Gasteiger partial charge on any atom is 0.417 e. The normalized spacial score (nSPS) is 11.1. The molecule has 0 saturated carbocycles. The van der Waals surface area contributed by atoms with Gasteiger partial charge in [-0.3, -0.25) is 0 Å². The number of carboxylic acids is 4. The first kappa shape index (κ1) is 20.4. The Bertz CT molecular complexity index is 974. The van der Waals surface area contributed by atoms with E-state index >= 15 is 0 Å². The molecule has 4 N–H and O–H groups in total. The van der Waals surface area contributed by atoms with Crippen molar-refractivity contribution < 1.29 is 52.8 Å².